The minimum atomic E-state index is -0.375. The predicted octanol–water partition coefficient (Wildman–Crippen LogP) is 2.61. The number of carbonyl (C=O) groups excluding carboxylic acids is 1. The Morgan fingerprint density at radius 3 is 2.63 bits per heavy atom. The van der Waals surface area contributed by atoms with Gasteiger partial charge in [-0.3, -0.25) is 4.79 Å². The molecule has 146 valence electrons. The highest BCUT2D eigenvalue weighted by atomic mass is 35.5. The number of benzene rings is 1. The van der Waals surface area contributed by atoms with E-state index in [9.17, 15) is 9.18 Å². The number of hydrogen-bond donors (Lipinski definition) is 1. The molecule has 8 heteroatoms. The molecule has 3 heterocycles. The van der Waals surface area contributed by atoms with E-state index in [1.165, 1.54) is 17.2 Å². The standard InChI is InChI=1S/C19H24FN5O.ClH/c1-2-16-22-17(23-25(16)15-6-4-3-5-14(15)20)18(26)24-11-8-19(9-12-24)7-10-21-13-19;/h3-6,21H,2,7-13H2,1H3;1H. The Balaban J connectivity index is 0.00000210. The Morgan fingerprint density at radius 1 is 1.26 bits per heavy atom. The van der Waals surface area contributed by atoms with Gasteiger partial charge in [0.25, 0.3) is 5.91 Å². The third kappa shape index (κ3) is 3.71. The van der Waals surface area contributed by atoms with Crippen LogP contribution in [-0.4, -0.2) is 51.8 Å². The predicted molar refractivity (Wildman–Crippen MR) is 103 cm³/mol. The number of amides is 1. The number of hydrogen-bond acceptors (Lipinski definition) is 4. The molecule has 0 bridgehead atoms. The van der Waals surface area contributed by atoms with Gasteiger partial charge in [-0.25, -0.2) is 14.1 Å². The van der Waals surface area contributed by atoms with Crippen molar-refractivity contribution in [3.8, 4) is 5.69 Å². The van der Waals surface area contributed by atoms with Gasteiger partial charge in [-0.1, -0.05) is 19.1 Å². The molecule has 27 heavy (non-hydrogen) atoms. The summed E-state index contributed by atoms with van der Waals surface area (Å²) in [6.07, 6.45) is 3.79. The summed E-state index contributed by atoms with van der Waals surface area (Å²) in [4.78, 5) is 19.1. The highest BCUT2D eigenvalue weighted by Crippen LogP contribution is 2.37. The van der Waals surface area contributed by atoms with Gasteiger partial charge >= 0.3 is 0 Å². The van der Waals surface area contributed by atoms with E-state index in [2.05, 4.69) is 15.4 Å². The summed E-state index contributed by atoms with van der Waals surface area (Å²) in [5.41, 5.74) is 0.677. The number of para-hydroxylation sites is 1. The van der Waals surface area contributed by atoms with Crippen molar-refractivity contribution in [2.75, 3.05) is 26.2 Å². The fraction of sp³-hybridized carbons (Fsp3) is 0.526. The number of likely N-dealkylation sites (tertiary alicyclic amines) is 1. The first-order valence-electron chi connectivity index (χ1n) is 9.33. The smallest absolute Gasteiger partial charge is 0.293 e. The first kappa shape index (κ1) is 19.8. The summed E-state index contributed by atoms with van der Waals surface area (Å²) in [7, 11) is 0. The summed E-state index contributed by atoms with van der Waals surface area (Å²) in [5.74, 6) is 0.216. The van der Waals surface area contributed by atoms with Crippen LogP contribution in [0.25, 0.3) is 5.69 Å². The fourth-order valence-corrected chi connectivity index (χ4v) is 4.03. The maximum atomic E-state index is 14.1. The molecule has 4 rings (SSSR count). The van der Waals surface area contributed by atoms with E-state index in [1.807, 2.05) is 11.8 Å². The highest BCUT2D eigenvalue weighted by Gasteiger charge is 2.38. The monoisotopic (exact) mass is 393 g/mol. The van der Waals surface area contributed by atoms with E-state index < -0.39 is 0 Å². The minimum Gasteiger partial charge on any atom is -0.336 e. The lowest BCUT2D eigenvalue weighted by Gasteiger charge is -2.38. The largest absolute Gasteiger partial charge is 0.336 e. The van der Waals surface area contributed by atoms with Crippen LogP contribution in [0.15, 0.2) is 24.3 Å². The van der Waals surface area contributed by atoms with Crippen molar-refractivity contribution in [3.05, 3.63) is 41.7 Å². The van der Waals surface area contributed by atoms with E-state index >= 15 is 0 Å². The number of carbonyl (C=O) groups is 1. The number of rotatable bonds is 3. The van der Waals surface area contributed by atoms with Gasteiger partial charge < -0.3 is 10.2 Å². The molecule has 1 N–H and O–H groups in total. The Morgan fingerprint density at radius 2 is 2.00 bits per heavy atom. The van der Waals surface area contributed by atoms with Crippen molar-refractivity contribution < 1.29 is 9.18 Å². The summed E-state index contributed by atoms with van der Waals surface area (Å²) in [5, 5.41) is 7.77. The van der Waals surface area contributed by atoms with Crippen molar-refractivity contribution in [1.82, 2.24) is 25.0 Å². The first-order valence-corrected chi connectivity index (χ1v) is 9.33. The Labute approximate surface area is 164 Å². The van der Waals surface area contributed by atoms with Crippen molar-refractivity contribution in [2.45, 2.75) is 32.6 Å². The molecule has 0 aliphatic carbocycles. The molecule has 6 nitrogen and oxygen atoms in total. The molecule has 2 fully saturated rings. The van der Waals surface area contributed by atoms with Crippen molar-refractivity contribution in [1.29, 1.82) is 0 Å². The van der Waals surface area contributed by atoms with E-state index in [0.29, 0.717) is 23.3 Å². The summed E-state index contributed by atoms with van der Waals surface area (Å²) >= 11 is 0. The fourth-order valence-electron chi connectivity index (χ4n) is 4.03. The molecule has 1 amide bonds. The van der Waals surface area contributed by atoms with Gasteiger partial charge in [0.05, 0.1) is 0 Å². The molecule has 1 aromatic carbocycles. The topological polar surface area (TPSA) is 63.1 Å². The Bertz CT molecular complexity index is 808. The molecule has 2 aliphatic rings. The van der Waals surface area contributed by atoms with Gasteiger partial charge in [0.2, 0.25) is 5.82 Å². The molecule has 1 aromatic heterocycles. The average molecular weight is 394 g/mol. The lowest BCUT2D eigenvalue weighted by atomic mass is 9.78. The zero-order valence-electron chi connectivity index (χ0n) is 15.4. The van der Waals surface area contributed by atoms with E-state index in [-0.39, 0.29) is 30.0 Å². The molecule has 0 unspecified atom stereocenters. The second-order valence-corrected chi connectivity index (χ2v) is 7.29. The third-order valence-corrected chi connectivity index (χ3v) is 5.71. The van der Waals surface area contributed by atoms with Crippen molar-refractivity contribution in [3.63, 3.8) is 0 Å². The van der Waals surface area contributed by atoms with Crippen molar-refractivity contribution in [2.24, 2.45) is 5.41 Å². The minimum absolute atomic E-state index is 0. The second kappa shape index (κ2) is 7.94. The molecule has 0 radical (unpaired) electrons. The van der Waals surface area contributed by atoms with Gasteiger partial charge in [-0.05, 0) is 43.4 Å². The van der Waals surface area contributed by atoms with Crippen LogP contribution in [-0.2, 0) is 6.42 Å². The van der Waals surface area contributed by atoms with Crippen LogP contribution in [0.5, 0.6) is 0 Å². The van der Waals surface area contributed by atoms with Crippen LogP contribution in [0.4, 0.5) is 4.39 Å². The Kier molecular flexibility index (Phi) is 5.81. The first-order chi connectivity index (χ1) is 12.6. The number of nitrogens with zero attached hydrogens (tertiary/aromatic N) is 4. The SMILES string of the molecule is CCc1nc(C(=O)N2CCC3(CCNC3)CC2)nn1-c1ccccc1F.Cl. The molecule has 2 saturated heterocycles. The summed E-state index contributed by atoms with van der Waals surface area (Å²) in [6.45, 7) is 5.51. The number of aromatic nitrogens is 3. The summed E-state index contributed by atoms with van der Waals surface area (Å²) in [6, 6.07) is 6.42. The van der Waals surface area contributed by atoms with Crippen LogP contribution in [0, 0.1) is 11.2 Å². The highest BCUT2D eigenvalue weighted by molar-refractivity contribution is 5.90. The van der Waals surface area contributed by atoms with Crippen molar-refractivity contribution >= 4 is 18.3 Å². The van der Waals surface area contributed by atoms with Gasteiger partial charge in [-0.2, -0.15) is 0 Å². The van der Waals surface area contributed by atoms with Gasteiger partial charge in [0, 0.05) is 26.1 Å². The molecular formula is C19H25ClFN5O. The van der Waals surface area contributed by atoms with Crippen LogP contribution in [0.3, 0.4) is 0 Å². The number of nitrogens with one attached hydrogen (secondary N) is 1. The van der Waals surface area contributed by atoms with Gasteiger partial charge in [0.15, 0.2) is 0 Å². The van der Waals surface area contributed by atoms with Crippen LogP contribution >= 0.6 is 12.4 Å². The normalized spacial score (nSPS) is 18.5. The van der Waals surface area contributed by atoms with E-state index in [1.54, 1.807) is 18.2 Å². The third-order valence-electron chi connectivity index (χ3n) is 5.71. The van der Waals surface area contributed by atoms with E-state index in [4.69, 9.17) is 0 Å². The van der Waals surface area contributed by atoms with Crippen LogP contribution in [0.2, 0.25) is 0 Å². The number of halogens is 2. The molecule has 2 aromatic rings. The second-order valence-electron chi connectivity index (χ2n) is 7.29. The van der Waals surface area contributed by atoms with Gasteiger partial charge in [0.1, 0.15) is 17.3 Å². The molecular weight excluding hydrogens is 369 g/mol. The number of aryl methyl sites for hydroxylation is 1. The molecule has 0 saturated carbocycles. The lowest BCUT2D eigenvalue weighted by Crippen LogP contribution is -2.44. The average Bonchev–Trinajstić information content (AvgIpc) is 3.29. The summed E-state index contributed by atoms with van der Waals surface area (Å²) < 4.78 is 15.6. The van der Waals surface area contributed by atoms with Crippen LogP contribution in [0.1, 0.15) is 42.6 Å². The molecule has 0 atom stereocenters. The quantitative estimate of drug-likeness (QED) is 0.870. The van der Waals surface area contributed by atoms with E-state index in [0.717, 1.165) is 39.0 Å². The van der Waals surface area contributed by atoms with Crippen LogP contribution < -0.4 is 5.32 Å². The Hall–Kier alpha value is -1.99. The number of piperidine rings is 1. The zero-order valence-corrected chi connectivity index (χ0v) is 16.3. The zero-order chi connectivity index (χ0) is 18.1. The van der Waals surface area contributed by atoms with Gasteiger partial charge in [-0.15, -0.1) is 17.5 Å². The maximum Gasteiger partial charge on any atom is 0.293 e. The maximum absolute atomic E-state index is 14.1. The lowest BCUT2D eigenvalue weighted by molar-refractivity contribution is 0.0596. The molecule has 1 spiro atoms. The molecule has 2 aliphatic heterocycles.